The number of hydrogen-bond acceptors (Lipinski definition) is 3. The Morgan fingerprint density at radius 2 is 2.14 bits per heavy atom. The fourth-order valence-electron chi connectivity index (χ4n) is 2.42. The minimum absolute atomic E-state index is 0.185. The van der Waals surface area contributed by atoms with Gasteiger partial charge in [0, 0.05) is 25.3 Å². The molecule has 1 aliphatic rings. The van der Waals surface area contributed by atoms with Crippen LogP contribution in [-0.4, -0.2) is 55.2 Å². The number of nitrogens with zero attached hydrogens (tertiary/aromatic N) is 2. The summed E-state index contributed by atoms with van der Waals surface area (Å²) in [5, 5.41) is 12.1. The van der Waals surface area contributed by atoms with Crippen molar-refractivity contribution in [2.75, 3.05) is 38.1 Å². The highest BCUT2D eigenvalue weighted by atomic mass is 16.4. The number of para-hydroxylation sites is 1. The van der Waals surface area contributed by atoms with Crippen LogP contribution < -0.4 is 10.2 Å². The average Bonchev–Trinajstić information content (AvgIpc) is 2.86. The molecule has 1 aromatic carbocycles. The van der Waals surface area contributed by atoms with Crippen LogP contribution in [0, 0.1) is 0 Å². The zero-order valence-electron chi connectivity index (χ0n) is 12.4. The summed E-state index contributed by atoms with van der Waals surface area (Å²) >= 11 is 0. The highest BCUT2D eigenvalue weighted by Crippen LogP contribution is 2.36. The lowest BCUT2D eigenvalue weighted by Gasteiger charge is -2.20. The first kappa shape index (κ1) is 15.3. The van der Waals surface area contributed by atoms with Crippen LogP contribution in [0.1, 0.15) is 18.4 Å². The number of rotatable bonds is 5. The second kappa shape index (κ2) is 6.58. The fourth-order valence-corrected chi connectivity index (χ4v) is 2.42. The molecule has 0 fully saturated rings. The van der Waals surface area contributed by atoms with Crippen molar-refractivity contribution in [3.8, 4) is 0 Å². The molecule has 1 aliphatic heterocycles. The minimum atomic E-state index is -0.900. The number of carbonyl (C=O) groups is 2. The van der Waals surface area contributed by atoms with Crippen LogP contribution in [0.5, 0.6) is 0 Å². The molecule has 0 saturated carbocycles. The van der Waals surface area contributed by atoms with E-state index in [-0.39, 0.29) is 12.6 Å². The summed E-state index contributed by atoms with van der Waals surface area (Å²) in [5.41, 5.74) is 1.39. The van der Waals surface area contributed by atoms with Crippen molar-refractivity contribution in [3.05, 3.63) is 29.8 Å². The molecule has 1 heterocycles. The van der Waals surface area contributed by atoms with Gasteiger partial charge in [-0.1, -0.05) is 25.1 Å². The number of amides is 2. The molecule has 0 spiro atoms. The summed E-state index contributed by atoms with van der Waals surface area (Å²) in [7, 11) is 1.98. The third kappa shape index (κ3) is 3.33. The lowest BCUT2D eigenvalue weighted by atomic mass is 10.0. The number of anilines is 1. The van der Waals surface area contributed by atoms with E-state index in [2.05, 4.69) is 17.1 Å². The molecule has 0 saturated heterocycles. The van der Waals surface area contributed by atoms with Crippen molar-refractivity contribution in [2.45, 2.75) is 12.8 Å². The summed E-state index contributed by atoms with van der Waals surface area (Å²) in [5.74, 6) is -1.55. The fraction of sp³-hybridized carbons (Fsp3) is 0.467. The topological polar surface area (TPSA) is 72.9 Å². The molecule has 21 heavy (non-hydrogen) atoms. The zero-order chi connectivity index (χ0) is 15.4. The van der Waals surface area contributed by atoms with E-state index in [0.717, 1.165) is 13.1 Å². The van der Waals surface area contributed by atoms with Crippen molar-refractivity contribution in [1.82, 2.24) is 10.2 Å². The van der Waals surface area contributed by atoms with Gasteiger partial charge in [-0.15, -0.1) is 0 Å². The largest absolute Gasteiger partial charge is 0.481 e. The molecule has 6 nitrogen and oxygen atoms in total. The molecular formula is C15H21N3O3. The molecule has 114 valence electrons. The van der Waals surface area contributed by atoms with E-state index in [4.69, 9.17) is 0 Å². The first-order chi connectivity index (χ1) is 10.0. The predicted octanol–water partition coefficient (Wildman–Crippen LogP) is 1.34. The molecule has 1 atom stereocenters. The van der Waals surface area contributed by atoms with Crippen molar-refractivity contribution in [3.63, 3.8) is 0 Å². The molecule has 2 amide bonds. The molecule has 6 heteroatoms. The lowest BCUT2D eigenvalue weighted by Crippen LogP contribution is -2.42. The maximum atomic E-state index is 12.2. The van der Waals surface area contributed by atoms with E-state index in [1.165, 1.54) is 4.90 Å². The molecule has 0 bridgehead atoms. The summed E-state index contributed by atoms with van der Waals surface area (Å²) in [4.78, 5) is 27.2. The van der Waals surface area contributed by atoms with E-state index < -0.39 is 11.9 Å². The standard InChI is InChI=1S/C15H21N3O3/c1-3-17(2)9-8-16-15(21)18-10-12(14(19)20)11-6-4-5-7-13(11)18/h4-7,12H,3,8-10H2,1-2H3,(H,16,21)(H,19,20). The molecule has 2 N–H and O–H groups in total. The molecule has 0 aromatic heterocycles. The number of aliphatic carboxylic acids is 1. The Morgan fingerprint density at radius 1 is 1.43 bits per heavy atom. The molecule has 2 rings (SSSR count). The van der Waals surface area contributed by atoms with Crippen LogP contribution in [0.3, 0.4) is 0 Å². The molecule has 0 aliphatic carbocycles. The van der Waals surface area contributed by atoms with Crippen LogP contribution in [0.25, 0.3) is 0 Å². The Labute approximate surface area is 124 Å². The van der Waals surface area contributed by atoms with E-state index in [1.807, 2.05) is 13.1 Å². The van der Waals surface area contributed by atoms with Gasteiger partial charge in [-0.3, -0.25) is 9.69 Å². The number of urea groups is 1. The van der Waals surface area contributed by atoms with Gasteiger partial charge in [0.2, 0.25) is 0 Å². The highest BCUT2D eigenvalue weighted by molar-refractivity contribution is 5.98. The minimum Gasteiger partial charge on any atom is -0.481 e. The number of nitrogens with one attached hydrogen (secondary N) is 1. The van der Waals surface area contributed by atoms with Gasteiger partial charge in [0.15, 0.2) is 0 Å². The molecule has 0 radical (unpaired) electrons. The van der Waals surface area contributed by atoms with Gasteiger partial charge in [-0.25, -0.2) is 4.79 Å². The number of fused-ring (bicyclic) bond motifs is 1. The third-order valence-electron chi connectivity index (χ3n) is 3.82. The Morgan fingerprint density at radius 3 is 2.81 bits per heavy atom. The monoisotopic (exact) mass is 291 g/mol. The second-order valence-corrected chi connectivity index (χ2v) is 5.19. The Kier molecular flexibility index (Phi) is 4.80. The average molecular weight is 291 g/mol. The summed E-state index contributed by atoms with van der Waals surface area (Å²) in [6.07, 6.45) is 0. The summed E-state index contributed by atoms with van der Waals surface area (Å²) in [6, 6.07) is 6.93. The molecular weight excluding hydrogens is 270 g/mol. The zero-order valence-corrected chi connectivity index (χ0v) is 12.4. The van der Waals surface area contributed by atoms with Crippen molar-refractivity contribution >= 4 is 17.7 Å². The Balaban J connectivity index is 2.04. The van der Waals surface area contributed by atoms with Gasteiger partial charge in [0.05, 0.1) is 0 Å². The van der Waals surface area contributed by atoms with E-state index in [1.54, 1.807) is 18.2 Å². The summed E-state index contributed by atoms with van der Waals surface area (Å²) < 4.78 is 0. The quantitative estimate of drug-likeness (QED) is 0.858. The molecule has 1 unspecified atom stereocenters. The number of carbonyl (C=O) groups excluding carboxylic acids is 1. The van der Waals surface area contributed by atoms with E-state index in [9.17, 15) is 14.7 Å². The van der Waals surface area contributed by atoms with Gasteiger partial charge in [0.25, 0.3) is 0 Å². The van der Waals surface area contributed by atoms with Crippen molar-refractivity contribution in [1.29, 1.82) is 0 Å². The highest BCUT2D eigenvalue weighted by Gasteiger charge is 2.36. The summed E-state index contributed by atoms with van der Waals surface area (Å²) in [6.45, 7) is 4.46. The van der Waals surface area contributed by atoms with Crippen LogP contribution >= 0.6 is 0 Å². The van der Waals surface area contributed by atoms with Crippen LogP contribution in [0.2, 0.25) is 0 Å². The number of likely N-dealkylation sites (N-methyl/N-ethyl adjacent to an activating group) is 1. The second-order valence-electron chi connectivity index (χ2n) is 5.19. The third-order valence-corrected chi connectivity index (χ3v) is 3.82. The number of benzene rings is 1. The van der Waals surface area contributed by atoms with Gasteiger partial charge in [0.1, 0.15) is 5.92 Å². The number of hydrogen-bond donors (Lipinski definition) is 2. The van der Waals surface area contributed by atoms with Crippen molar-refractivity contribution in [2.24, 2.45) is 0 Å². The molecule has 1 aromatic rings. The SMILES string of the molecule is CCN(C)CCNC(=O)N1CC(C(=O)O)c2ccccc21. The van der Waals surface area contributed by atoms with Gasteiger partial charge in [-0.2, -0.15) is 0 Å². The maximum absolute atomic E-state index is 12.2. The Hall–Kier alpha value is -2.08. The van der Waals surface area contributed by atoms with Crippen LogP contribution in [0.4, 0.5) is 10.5 Å². The normalized spacial score (nSPS) is 16.9. The van der Waals surface area contributed by atoms with E-state index in [0.29, 0.717) is 17.8 Å². The van der Waals surface area contributed by atoms with Gasteiger partial charge < -0.3 is 15.3 Å². The lowest BCUT2D eigenvalue weighted by molar-refractivity contribution is -0.138. The van der Waals surface area contributed by atoms with E-state index >= 15 is 0 Å². The first-order valence-electron chi connectivity index (χ1n) is 7.10. The van der Waals surface area contributed by atoms with Crippen LogP contribution in [0.15, 0.2) is 24.3 Å². The van der Waals surface area contributed by atoms with Gasteiger partial charge >= 0.3 is 12.0 Å². The maximum Gasteiger partial charge on any atom is 0.321 e. The predicted molar refractivity (Wildman–Crippen MR) is 80.7 cm³/mol. The van der Waals surface area contributed by atoms with Crippen molar-refractivity contribution < 1.29 is 14.7 Å². The first-order valence-corrected chi connectivity index (χ1v) is 7.10. The van der Waals surface area contributed by atoms with Crippen LogP contribution in [-0.2, 0) is 4.79 Å². The van der Waals surface area contributed by atoms with Gasteiger partial charge in [-0.05, 0) is 25.2 Å². The smallest absolute Gasteiger partial charge is 0.321 e. The Bertz CT molecular complexity index is 533. The number of carboxylic acid groups (broad SMARTS) is 1. The number of carboxylic acids is 1.